The molecule has 56 heavy (non-hydrogen) atoms. The summed E-state index contributed by atoms with van der Waals surface area (Å²) in [4.78, 5) is 12.8. The first-order valence-corrected chi connectivity index (χ1v) is 54.3. The topological polar surface area (TPSA) is 128 Å². The highest BCUT2D eigenvalue weighted by atomic mass is 28.5. The van der Waals surface area contributed by atoms with Gasteiger partial charge in [0.05, 0.1) is 5.41 Å². The van der Waals surface area contributed by atoms with E-state index in [0.717, 1.165) is 0 Å². The van der Waals surface area contributed by atoms with Crippen LogP contribution < -0.4 is 0 Å². The first-order chi connectivity index (χ1) is 24.0. The van der Waals surface area contributed by atoms with E-state index in [1.54, 1.807) is 0 Å². The Labute approximate surface area is 357 Å². The Morgan fingerprint density at radius 2 is 0.482 bits per heavy atom. The third-order valence-corrected chi connectivity index (χ3v) is 51.7. The Kier molecular flexibility index (Phi) is 19.7. The summed E-state index contributed by atoms with van der Waals surface area (Å²) in [6.45, 7) is 57.0. The van der Waals surface area contributed by atoms with Crippen LogP contribution in [0.4, 0.5) is 0 Å². The van der Waals surface area contributed by atoms with Gasteiger partial charge in [-0.2, -0.15) is 0 Å². The molecule has 0 saturated carbocycles. The number of rotatable bonds is 25. The van der Waals surface area contributed by atoms with Gasteiger partial charge in [-0.05, 0) is 184 Å². The fourth-order valence-electron chi connectivity index (χ4n) is 7.39. The summed E-state index contributed by atoms with van der Waals surface area (Å²) >= 11 is 0. The zero-order valence-corrected chi connectivity index (χ0v) is 53.0. The van der Waals surface area contributed by atoms with Crippen molar-refractivity contribution >= 4 is 108 Å². The Hall–Kier alpha value is 1.63. The van der Waals surface area contributed by atoms with Gasteiger partial charge in [-0.3, -0.25) is 4.79 Å². The lowest BCUT2D eigenvalue weighted by Crippen LogP contribution is -2.62. The molecule has 0 spiro atoms. The van der Waals surface area contributed by atoms with Gasteiger partial charge in [0, 0.05) is 0 Å². The van der Waals surface area contributed by atoms with Crippen molar-refractivity contribution in [1.29, 1.82) is 0 Å². The van der Waals surface area contributed by atoms with Crippen molar-refractivity contribution in [2.45, 2.75) is 191 Å². The molecule has 0 aliphatic heterocycles. The Bertz CT molecular complexity index is 1300. The van der Waals surface area contributed by atoms with Crippen LogP contribution in [0.5, 0.6) is 0 Å². The van der Waals surface area contributed by atoms with Crippen LogP contribution in [0.2, 0.25) is 164 Å². The number of hydrogen-bond acceptors (Lipinski definition) is 13. The molecule has 336 valence electrons. The lowest BCUT2D eigenvalue weighted by molar-refractivity contribution is -0.146. The number of carbonyl (C=O) groups excluding carboxylic acids is 1. The molecule has 0 aliphatic rings. The van der Waals surface area contributed by atoms with Crippen LogP contribution >= 0.6 is 0 Å². The van der Waals surface area contributed by atoms with Crippen LogP contribution in [-0.4, -0.2) is 108 Å². The molecule has 0 radical (unpaired) electrons. The smallest absolute Gasteiger partial charge is 0.386 e. The molecule has 0 fully saturated rings. The van der Waals surface area contributed by atoms with Gasteiger partial charge in [0.25, 0.3) is 5.97 Å². The minimum atomic E-state index is -2.83. The molecule has 0 atom stereocenters. The molecule has 0 amide bonds. The summed E-state index contributed by atoms with van der Waals surface area (Å²) in [5.41, 5.74) is -0.575. The molecule has 0 aromatic rings. The number of carbonyl (C=O) groups is 1. The van der Waals surface area contributed by atoms with E-state index >= 15 is 0 Å². The Balaban J connectivity index is 5.63. The molecule has 0 aliphatic carbocycles. The Morgan fingerprint density at radius 3 is 0.643 bits per heavy atom. The van der Waals surface area contributed by atoms with E-state index in [0.29, 0.717) is 6.42 Å². The van der Waals surface area contributed by atoms with Gasteiger partial charge in [-0.1, -0.05) is 6.92 Å². The molecule has 0 rings (SSSR count). The van der Waals surface area contributed by atoms with Gasteiger partial charge in [0.2, 0.25) is 0 Å². The van der Waals surface area contributed by atoms with E-state index < -0.39 is 108 Å². The fourth-order valence-corrected chi connectivity index (χ4v) is 67.0. The monoisotopic (exact) mass is 1000 g/mol. The van der Waals surface area contributed by atoms with E-state index in [1.165, 1.54) is 0 Å². The van der Waals surface area contributed by atoms with Crippen molar-refractivity contribution in [3.63, 3.8) is 0 Å². The van der Waals surface area contributed by atoms with Gasteiger partial charge >= 0.3 is 94.2 Å². The maximum atomic E-state index is 12.8. The van der Waals surface area contributed by atoms with Crippen molar-refractivity contribution in [1.82, 2.24) is 0 Å². The molecule has 0 unspecified atom stereocenters. The minimum absolute atomic E-state index is 0.243. The molecule has 0 aromatic carbocycles. The molecule has 0 bridgehead atoms. The summed E-state index contributed by atoms with van der Waals surface area (Å²) in [6.07, 6.45) is 0.681. The normalized spacial score (nSPS) is 15.7. The van der Waals surface area contributed by atoms with Crippen LogP contribution in [0.15, 0.2) is 0 Å². The molecular weight excluding hydrogens is 917 g/mol. The SMILES string of the molecule is CCC(C)(C)C(=O)O[Si](C)(C)O[Si](C)(C)O[Si](C)(C)O[Si](C)(C)O[Si](C)(C)O[Si](C)(C)O[Si](C)(C)O[Si](C)(C)O[Si](C)(C)O[Si](C)(C)O[Si](C)(C)O[Si](C)(C)C. The highest BCUT2D eigenvalue weighted by molar-refractivity contribution is 6.93. The summed E-state index contributed by atoms with van der Waals surface area (Å²) in [5, 5.41) is 0. The molecule has 0 N–H and O–H groups in total. The fraction of sp³-hybridized carbons (Fsp3) is 0.968. The Morgan fingerprint density at radius 1 is 0.321 bits per heavy atom. The predicted molar refractivity (Wildman–Crippen MR) is 258 cm³/mol. The summed E-state index contributed by atoms with van der Waals surface area (Å²) in [7, 11) is -31.6. The van der Waals surface area contributed by atoms with Crippen molar-refractivity contribution < 1.29 is 54.5 Å². The molecule has 13 nitrogen and oxygen atoms in total. The van der Waals surface area contributed by atoms with E-state index in [9.17, 15) is 4.79 Å². The highest BCUT2D eigenvalue weighted by Gasteiger charge is 2.52. The molecule has 0 aromatic heterocycles. The zero-order chi connectivity index (χ0) is 45.3. The van der Waals surface area contributed by atoms with Crippen LogP contribution in [0.25, 0.3) is 0 Å². The largest absolute Gasteiger partial charge is 0.495 e. The zero-order valence-electron chi connectivity index (χ0n) is 41.0. The predicted octanol–water partition coefficient (Wildman–Crippen LogP) is 10.7. The number of hydrogen-bond donors (Lipinski definition) is 0. The molecule has 25 heteroatoms. The van der Waals surface area contributed by atoms with E-state index in [-0.39, 0.29) is 5.97 Å². The molecule has 0 saturated heterocycles. The average molecular weight is 1000 g/mol. The second-order valence-electron chi connectivity index (χ2n) is 21.3. The lowest BCUT2D eigenvalue weighted by Gasteiger charge is -2.45. The van der Waals surface area contributed by atoms with Crippen molar-refractivity contribution in [3.8, 4) is 0 Å². The first kappa shape index (κ1) is 57.6. The summed E-state index contributed by atoms with van der Waals surface area (Å²) in [6, 6.07) is 0. The maximum Gasteiger partial charge on any atom is 0.386 e. The van der Waals surface area contributed by atoms with E-state index in [2.05, 4.69) is 85.1 Å². The second-order valence-corrected chi connectivity index (χ2v) is 65.5. The van der Waals surface area contributed by atoms with Crippen LogP contribution in [0, 0.1) is 5.41 Å². The molecular formula is C31H86O13Si12. The molecule has 0 heterocycles. The van der Waals surface area contributed by atoms with Crippen LogP contribution in [0.1, 0.15) is 27.2 Å². The lowest BCUT2D eigenvalue weighted by atomic mass is 9.91. The average Bonchev–Trinajstić information content (AvgIpc) is 2.72. The van der Waals surface area contributed by atoms with Gasteiger partial charge in [-0.25, -0.2) is 0 Å². The van der Waals surface area contributed by atoms with E-state index in [4.69, 9.17) is 49.7 Å². The quantitative estimate of drug-likeness (QED) is 0.0806. The third kappa shape index (κ3) is 24.9. The second kappa shape index (κ2) is 19.2. The standard InChI is InChI=1S/C31H86O13Si12/c1-29-31(2,3)30(32)33-46(7,8)35-48(11,12)37-50(15,16)39-52(19,20)41-54(23,24)43-56(27,28)44-55(25,26)42-53(21,22)40-51(17,18)38-49(13,14)36-47(9,10)34-45(4,5)6/h29H2,1-28H3. The first-order valence-electron chi connectivity index (χ1n) is 19.9. The van der Waals surface area contributed by atoms with Crippen molar-refractivity contribution in [3.05, 3.63) is 0 Å². The third-order valence-electron chi connectivity index (χ3n) is 7.24. The summed E-state index contributed by atoms with van der Waals surface area (Å²) < 4.78 is 79.7. The van der Waals surface area contributed by atoms with Gasteiger partial charge < -0.3 is 49.7 Å². The highest BCUT2D eigenvalue weighted by Crippen LogP contribution is 2.32. The van der Waals surface area contributed by atoms with Crippen LogP contribution in [-0.2, 0) is 54.5 Å². The summed E-state index contributed by atoms with van der Waals surface area (Å²) in [5.74, 6) is -0.243. The van der Waals surface area contributed by atoms with Crippen molar-refractivity contribution in [2.75, 3.05) is 0 Å². The van der Waals surface area contributed by atoms with Crippen molar-refractivity contribution in [2.24, 2.45) is 5.41 Å². The maximum absolute atomic E-state index is 12.8. The minimum Gasteiger partial charge on any atom is -0.495 e. The van der Waals surface area contributed by atoms with Crippen LogP contribution in [0.3, 0.4) is 0 Å². The van der Waals surface area contributed by atoms with Gasteiger partial charge in [0.1, 0.15) is 0 Å². The van der Waals surface area contributed by atoms with Gasteiger partial charge in [-0.15, -0.1) is 0 Å². The van der Waals surface area contributed by atoms with Gasteiger partial charge in [0.15, 0.2) is 8.32 Å². The van der Waals surface area contributed by atoms with E-state index in [1.807, 2.05) is 99.3 Å².